The fraction of sp³-hybridized carbons (Fsp3) is 0. The summed E-state index contributed by atoms with van der Waals surface area (Å²) in [4.78, 5) is 22.2. The van der Waals surface area contributed by atoms with Crippen molar-refractivity contribution in [1.82, 2.24) is 0 Å². The molecule has 0 heterocycles. The second kappa shape index (κ2) is 5.66. The summed E-state index contributed by atoms with van der Waals surface area (Å²) in [5.74, 6) is -1.44. The molecule has 0 saturated heterocycles. The van der Waals surface area contributed by atoms with Gasteiger partial charge in [0, 0.05) is 0 Å². The summed E-state index contributed by atoms with van der Waals surface area (Å²) in [5.41, 5.74) is -0.805. The summed E-state index contributed by atoms with van der Waals surface area (Å²) in [6.07, 6.45) is 0. The molecule has 5 nitrogen and oxygen atoms in total. The number of nitro groups is 1. The van der Waals surface area contributed by atoms with Gasteiger partial charge >= 0.3 is 5.69 Å². The van der Waals surface area contributed by atoms with Crippen molar-refractivity contribution in [3.63, 3.8) is 0 Å². The van der Waals surface area contributed by atoms with E-state index in [0.29, 0.717) is 0 Å². The predicted molar refractivity (Wildman–Crippen MR) is 72.5 cm³/mol. The lowest BCUT2D eigenvalue weighted by molar-refractivity contribution is -0.385. The molecule has 0 fully saturated rings. The highest BCUT2D eigenvalue weighted by atomic mass is 35.5. The second-order valence-electron chi connectivity index (χ2n) is 3.83. The molecule has 2 aromatic carbocycles. The van der Waals surface area contributed by atoms with Gasteiger partial charge < -0.3 is 5.32 Å². The average molecular weight is 295 g/mol. The van der Waals surface area contributed by atoms with Crippen LogP contribution in [-0.2, 0) is 0 Å². The molecule has 0 unspecified atom stereocenters. The van der Waals surface area contributed by atoms with Gasteiger partial charge in [-0.1, -0.05) is 29.8 Å². The largest absolute Gasteiger partial charge is 0.319 e. The number of rotatable bonds is 3. The Kier molecular flexibility index (Phi) is 3.95. The molecular formula is C13H8ClFN2O3. The van der Waals surface area contributed by atoms with E-state index in [2.05, 4.69) is 5.32 Å². The van der Waals surface area contributed by atoms with Gasteiger partial charge in [-0.05, 0) is 24.3 Å². The standard InChI is InChI=1S/C13H8ClFN2O3/c14-9-5-3-4-8(12(9)17(19)20)13(18)16-11-7-2-1-6-10(11)15/h1-7H,(H,16,18). The first kappa shape index (κ1) is 14.0. The van der Waals surface area contributed by atoms with Gasteiger partial charge in [-0.25, -0.2) is 4.39 Å². The van der Waals surface area contributed by atoms with E-state index < -0.39 is 22.3 Å². The van der Waals surface area contributed by atoms with Crippen LogP contribution >= 0.6 is 11.6 Å². The van der Waals surface area contributed by atoms with Gasteiger partial charge in [0.25, 0.3) is 5.91 Å². The molecule has 0 aliphatic heterocycles. The third kappa shape index (κ3) is 2.75. The van der Waals surface area contributed by atoms with Crippen LogP contribution in [0.15, 0.2) is 42.5 Å². The molecule has 7 heteroatoms. The van der Waals surface area contributed by atoms with Crippen molar-refractivity contribution in [2.24, 2.45) is 0 Å². The van der Waals surface area contributed by atoms with Crippen LogP contribution < -0.4 is 5.32 Å². The maximum Gasteiger partial charge on any atom is 0.300 e. The monoisotopic (exact) mass is 294 g/mol. The Hall–Kier alpha value is -2.47. The van der Waals surface area contributed by atoms with Gasteiger partial charge in [-0.2, -0.15) is 0 Å². The highest BCUT2D eigenvalue weighted by molar-refractivity contribution is 6.33. The SMILES string of the molecule is O=C(Nc1ccccc1F)c1cccc(Cl)c1[N+](=O)[O-]. The number of anilines is 1. The summed E-state index contributed by atoms with van der Waals surface area (Å²) in [6, 6.07) is 9.48. The van der Waals surface area contributed by atoms with Crippen molar-refractivity contribution in [3.8, 4) is 0 Å². The number of hydrogen-bond acceptors (Lipinski definition) is 3. The number of benzene rings is 2. The minimum Gasteiger partial charge on any atom is -0.319 e. The zero-order valence-corrected chi connectivity index (χ0v) is 10.7. The zero-order valence-electron chi connectivity index (χ0n) is 9.97. The van der Waals surface area contributed by atoms with Gasteiger partial charge in [0.1, 0.15) is 16.4 Å². The van der Waals surface area contributed by atoms with Crippen LogP contribution in [0.3, 0.4) is 0 Å². The number of carbonyl (C=O) groups excluding carboxylic acids is 1. The van der Waals surface area contributed by atoms with Crippen molar-refractivity contribution in [1.29, 1.82) is 0 Å². The van der Waals surface area contributed by atoms with Gasteiger partial charge in [0.2, 0.25) is 0 Å². The third-order valence-corrected chi connectivity index (χ3v) is 2.84. The molecule has 2 aromatic rings. The Bertz CT molecular complexity index is 691. The van der Waals surface area contributed by atoms with Gasteiger partial charge in [0.15, 0.2) is 0 Å². The first-order valence-electron chi connectivity index (χ1n) is 5.49. The van der Waals surface area contributed by atoms with Crippen molar-refractivity contribution < 1.29 is 14.1 Å². The van der Waals surface area contributed by atoms with Crippen LogP contribution in [0.2, 0.25) is 5.02 Å². The van der Waals surface area contributed by atoms with E-state index >= 15 is 0 Å². The Morgan fingerprint density at radius 3 is 2.55 bits per heavy atom. The molecule has 2 rings (SSSR count). The number of nitrogens with zero attached hydrogens (tertiary/aromatic N) is 1. The first-order valence-corrected chi connectivity index (χ1v) is 5.87. The molecule has 0 bridgehead atoms. The van der Waals surface area contributed by atoms with E-state index in [1.807, 2.05) is 0 Å². The fourth-order valence-electron chi connectivity index (χ4n) is 1.64. The van der Waals surface area contributed by atoms with Crippen molar-refractivity contribution in [2.45, 2.75) is 0 Å². The average Bonchev–Trinajstić information content (AvgIpc) is 2.40. The summed E-state index contributed by atoms with van der Waals surface area (Å²) in [7, 11) is 0. The van der Waals surface area contributed by atoms with E-state index in [0.717, 1.165) is 0 Å². The number of hydrogen-bond donors (Lipinski definition) is 1. The number of nitrogens with one attached hydrogen (secondary N) is 1. The van der Waals surface area contributed by atoms with Gasteiger partial charge in [0.05, 0.1) is 10.6 Å². The van der Waals surface area contributed by atoms with E-state index in [1.165, 1.54) is 42.5 Å². The predicted octanol–water partition coefficient (Wildman–Crippen LogP) is 3.64. The van der Waals surface area contributed by atoms with Crippen molar-refractivity contribution in [3.05, 3.63) is 69.0 Å². The zero-order chi connectivity index (χ0) is 14.7. The fourth-order valence-corrected chi connectivity index (χ4v) is 1.88. The lowest BCUT2D eigenvalue weighted by atomic mass is 10.1. The van der Waals surface area contributed by atoms with E-state index in [1.54, 1.807) is 0 Å². The Morgan fingerprint density at radius 1 is 1.20 bits per heavy atom. The number of nitro benzene ring substituents is 1. The Labute approximate surface area is 118 Å². The number of amides is 1. The second-order valence-corrected chi connectivity index (χ2v) is 4.23. The molecule has 1 amide bonds. The first-order chi connectivity index (χ1) is 9.50. The summed E-state index contributed by atoms with van der Waals surface area (Å²) in [5, 5.41) is 13.0. The molecule has 0 aliphatic carbocycles. The molecule has 1 N–H and O–H groups in total. The molecule has 0 spiro atoms. The van der Waals surface area contributed by atoms with Gasteiger partial charge in [-0.3, -0.25) is 14.9 Å². The van der Waals surface area contributed by atoms with E-state index in [4.69, 9.17) is 11.6 Å². The molecule has 0 atom stereocenters. The van der Waals surface area contributed by atoms with Crippen LogP contribution in [0.1, 0.15) is 10.4 Å². The number of carbonyl (C=O) groups is 1. The van der Waals surface area contributed by atoms with E-state index in [-0.39, 0.29) is 16.3 Å². The molecule has 102 valence electrons. The maximum atomic E-state index is 13.4. The molecule has 0 saturated carbocycles. The number of halogens is 2. The number of para-hydroxylation sites is 2. The molecule has 0 aliphatic rings. The smallest absolute Gasteiger partial charge is 0.300 e. The van der Waals surface area contributed by atoms with E-state index in [9.17, 15) is 19.3 Å². The minimum absolute atomic E-state index is 0.0632. The third-order valence-electron chi connectivity index (χ3n) is 2.54. The summed E-state index contributed by atoms with van der Waals surface area (Å²) < 4.78 is 13.4. The van der Waals surface area contributed by atoms with Crippen LogP contribution in [-0.4, -0.2) is 10.8 Å². The normalized spacial score (nSPS) is 10.1. The summed E-state index contributed by atoms with van der Waals surface area (Å²) >= 11 is 5.71. The van der Waals surface area contributed by atoms with Crippen LogP contribution in [0.5, 0.6) is 0 Å². The van der Waals surface area contributed by atoms with Gasteiger partial charge in [-0.15, -0.1) is 0 Å². The topological polar surface area (TPSA) is 72.2 Å². The Morgan fingerprint density at radius 2 is 1.90 bits per heavy atom. The minimum atomic E-state index is -0.802. The van der Waals surface area contributed by atoms with Crippen molar-refractivity contribution in [2.75, 3.05) is 5.32 Å². The quantitative estimate of drug-likeness (QED) is 0.694. The lowest BCUT2D eigenvalue weighted by Crippen LogP contribution is -2.15. The Balaban J connectivity index is 2.38. The van der Waals surface area contributed by atoms with Crippen LogP contribution in [0.4, 0.5) is 15.8 Å². The summed E-state index contributed by atoms with van der Waals surface area (Å²) in [6.45, 7) is 0. The van der Waals surface area contributed by atoms with Crippen molar-refractivity contribution >= 4 is 28.9 Å². The molecular weight excluding hydrogens is 287 g/mol. The highest BCUT2D eigenvalue weighted by Crippen LogP contribution is 2.29. The van der Waals surface area contributed by atoms with Crippen LogP contribution in [0, 0.1) is 15.9 Å². The molecule has 0 radical (unpaired) electrons. The maximum absolute atomic E-state index is 13.4. The molecule has 0 aromatic heterocycles. The highest BCUT2D eigenvalue weighted by Gasteiger charge is 2.24. The lowest BCUT2D eigenvalue weighted by Gasteiger charge is -2.07. The van der Waals surface area contributed by atoms with Crippen LogP contribution in [0.25, 0.3) is 0 Å². The molecule has 20 heavy (non-hydrogen) atoms.